The van der Waals surface area contributed by atoms with E-state index in [1.807, 2.05) is 39.8 Å². The van der Waals surface area contributed by atoms with Crippen molar-refractivity contribution in [2.45, 2.75) is 45.1 Å². The fourth-order valence-electron chi connectivity index (χ4n) is 3.78. The molecule has 0 aliphatic heterocycles. The van der Waals surface area contributed by atoms with Gasteiger partial charge in [0.1, 0.15) is 6.54 Å². The van der Waals surface area contributed by atoms with Crippen molar-refractivity contribution in [3.63, 3.8) is 0 Å². The first-order valence-electron chi connectivity index (χ1n) is 10.8. The third kappa shape index (κ3) is 5.75. The molecule has 1 atom stereocenters. The average Bonchev–Trinajstić information content (AvgIpc) is 2.77. The number of benzene rings is 3. The molecule has 3 aromatic carbocycles. The number of sulfonamides is 1. The number of nitrogens with one attached hydrogen (secondary N) is 1. The Balaban J connectivity index is 1.94. The molecule has 5 nitrogen and oxygen atoms in total. The van der Waals surface area contributed by atoms with Crippen LogP contribution in [0.25, 0.3) is 0 Å². The Morgan fingerprint density at radius 3 is 2.21 bits per heavy atom. The van der Waals surface area contributed by atoms with E-state index in [1.165, 1.54) is 12.1 Å². The van der Waals surface area contributed by atoms with Crippen LogP contribution in [0.3, 0.4) is 0 Å². The first-order valence-corrected chi connectivity index (χ1v) is 12.7. The van der Waals surface area contributed by atoms with Gasteiger partial charge in [0.2, 0.25) is 5.91 Å². The van der Waals surface area contributed by atoms with Crippen molar-refractivity contribution in [3.8, 4) is 0 Å². The van der Waals surface area contributed by atoms with Gasteiger partial charge in [0.05, 0.1) is 21.6 Å². The second-order valence-corrected chi connectivity index (χ2v) is 10.4. The van der Waals surface area contributed by atoms with Gasteiger partial charge in [0.25, 0.3) is 10.0 Å². The van der Waals surface area contributed by atoms with Crippen molar-refractivity contribution in [2.75, 3.05) is 10.8 Å². The van der Waals surface area contributed by atoms with Crippen molar-refractivity contribution in [1.82, 2.24) is 5.32 Å². The van der Waals surface area contributed by atoms with Gasteiger partial charge in [-0.15, -0.1) is 0 Å². The molecule has 3 aromatic rings. The molecule has 1 unspecified atom stereocenters. The first kappa shape index (κ1) is 24.8. The van der Waals surface area contributed by atoms with Crippen LogP contribution in [0.1, 0.15) is 41.6 Å². The molecule has 0 radical (unpaired) electrons. The number of amides is 1. The molecule has 0 aromatic heterocycles. The third-order valence-electron chi connectivity index (χ3n) is 5.56. The number of aryl methyl sites for hydroxylation is 3. The molecule has 1 N–H and O–H groups in total. The maximum atomic E-state index is 13.5. The van der Waals surface area contributed by atoms with Crippen LogP contribution in [-0.2, 0) is 14.8 Å². The SMILES string of the molecule is CCC(NC(=O)CN(c1ccccc1Cl)S(=O)(=O)c1ccc(C)cc1)c1ccc(C)cc1C. The number of anilines is 1. The van der Waals surface area contributed by atoms with Crippen LogP contribution in [0.2, 0.25) is 5.02 Å². The maximum absolute atomic E-state index is 13.5. The molecular formula is C26H29ClN2O3S. The van der Waals surface area contributed by atoms with Gasteiger partial charge >= 0.3 is 0 Å². The minimum absolute atomic E-state index is 0.0993. The quantitative estimate of drug-likeness (QED) is 0.444. The maximum Gasteiger partial charge on any atom is 0.264 e. The van der Waals surface area contributed by atoms with Crippen molar-refractivity contribution in [2.24, 2.45) is 0 Å². The van der Waals surface area contributed by atoms with E-state index in [-0.39, 0.29) is 28.2 Å². The molecule has 0 saturated heterocycles. The Kier molecular flexibility index (Phi) is 7.82. The van der Waals surface area contributed by atoms with Gasteiger partial charge in [-0.1, -0.05) is 72.1 Å². The van der Waals surface area contributed by atoms with Crippen molar-refractivity contribution in [1.29, 1.82) is 0 Å². The Morgan fingerprint density at radius 1 is 0.970 bits per heavy atom. The topological polar surface area (TPSA) is 66.5 Å². The zero-order chi connectivity index (χ0) is 24.2. The van der Waals surface area contributed by atoms with E-state index in [0.717, 1.165) is 26.6 Å². The molecule has 0 fully saturated rings. The van der Waals surface area contributed by atoms with Gasteiger partial charge in [-0.25, -0.2) is 8.42 Å². The lowest BCUT2D eigenvalue weighted by molar-refractivity contribution is -0.120. The molecular weight excluding hydrogens is 456 g/mol. The number of nitrogens with zero attached hydrogens (tertiary/aromatic N) is 1. The van der Waals surface area contributed by atoms with E-state index in [1.54, 1.807) is 36.4 Å². The Hall–Kier alpha value is -2.83. The van der Waals surface area contributed by atoms with Crippen LogP contribution >= 0.6 is 11.6 Å². The van der Waals surface area contributed by atoms with Gasteiger partial charge < -0.3 is 5.32 Å². The second kappa shape index (κ2) is 10.4. The Morgan fingerprint density at radius 2 is 1.61 bits per heavy atom. The number of para-hydroxylation sites is 1. The average molecular weight is 485 g/mol. The largest absolute Gasteiger partial charge is 0.348 e. The summed E-state index contributed by atoms with van der Waals surface area (Å²) in [5.74, 6) is -0.405. The summed E-state index contributed by atoms with van der Waals surface area (Å²) in [6.45, 7) is 7.51. The normalized spacial score (nSPS) is 12.3. The number of hydrogen-bond acceptors (Lipinski definition) is 3. The zero-order valence-corrected chi connectivity index (χ0v) is 20.9. The van der Waals surface area contributed by atoms with Crippen LogP contribution in [0.4, 0.5) is 5.69 Å². The Bertz CT molecular complexity index is 1240. The van der Waals surface area contributed by atoms with Gasteiger partial charge in [0.15, 0.2) is 0 Å². The number of carbonyl (C=O) groups excluding carboxylic acids is 1. The van der Waals surface area contributed by atoms with Crippen molar-refractivity contribution >= 4 is 33.2 Å². The van der Waals surface area contributed by atoms with Crippen molar-refractivity contribution in [3.05, 3.63) is 94.0 Å². The number of rotatable bonds is 8. The highest BCUT2D eigenvalue weighted by molar-refractivity contribution is 7.92. The fraction of sp³-hybridized carbons (Fsp3) is 0.269. The van der Waals surface area contributed by atoms with E-state index >= 15 is 0 Å². The smallest absolute Gasteiger partial charge is 0.264 e. The lowest BCUT2D eigenvalue weighted by Crippen LogP contribution is -2.42. The number of hydrogen-bond donors (Lipinski definition) is 1. The highest BCUT2D eigenvalue weighted by Crippen LogP contribution is 2.30. The summed E-state index contributed by atoms with van der Waals surface area (Å²) in [6, 6.07) is 19.0. The monoisotopic (exact) mass is 484 g/mol. The van der Waals surface area contributed by atoms with Crippen LogP contribution in [0.15, 0.2) is 71.6 Å². The summed E-state index contributed by atoms with van der Waals surface area (Å²) in [4.78, 5) is 13.2. The first-order chi connectivity index (χ1) is 15.6. The highest BCUT2D eigenvalue weighted by atomic mass is 35.5. The van der Waals surface area contributed by atoms with Crippen molar-refractivity contribution < 1.29 is 13.2 Å². The predicted molar refractivity (Wildman–Crippen MR) is 134 cm³/mol. The fourth-order valence-corrected chi connectivity index (χ4v) is 5.51. The summed E-state index contributed by atoms with van der Waals surface area (Å²) >= 11 is 6.35. The van der Waals surface area contributed by atoms with E-state index in [9.17, 15) is 13.2 Å². The minimum Gasteiger partial charge on any atom is -0.348 e. The molecule has 0 spiro atoms. The van der Waals surface area contributed by atoms with Gasteiger partial charge in [-0.2, -0.15) is 0 Å². The predicted octanol–water partition coefficient (Wildman–Crippen LogP) is 5.73. The molecule has 0 aliphatic rings. The molecule has 3 rings (SSSR count). The number of carbonyl (C=O) groups is 1. The molecule has 33 heavy (non-hydrogen) atoms. The van der Waals surface area contributed by atoms with E-state index < -0.39 is 15.9 Å². The number of halogens is 1. The molecule has 0 saturated carbocycles. The van der Waals surface area contributed by atoms with Gasteiger partial charge in [-0.3, -0.25) is 9.10 Å². The lowest BCUT2D eigenvalue weighted by atomic mass is 9.97. The van der Waals surface area contributed by atoms with Gasteiger partial charge in [-0.05, 0) is 62.6 Å². The molecule has 0 aliphatic carbocycles. The summed E-state index contributed by atoms with van der Waals surface area (Å²) < 4.78 is 28.1. The molecule has 1 amide bonds. The van der Waals surface area contributed by atoms with E-state index in [4.69, 9.17) is 11.6 Å². The van der Waals surface area contributed by atoms with E-state index in [2.05, 4.69) is 11.4 Å². The summed E-state index contributed by atoms with van der Waals surface area (Å²) in [5, 5.41) is 3.26. The molecule has 0 heterocycles. The molecule has 0 bridgehead atoms. The van der Waals surface area contributed by atoms with Gasteiger partial charge in [0, 0.05) is 0 Å². The van der Waals surface area contributed by atoms with Crippen LogP contribution in [-0.4, -0.2) is 20.9 Å². The van der Waals surface area contributed by atoms with Crippen LogP contribution in [0.5, 0.6) is 0 Å². The minimum atomic E-state index is -4.02. The second-order valence-electron chi connectivity index (χ2n) is 8.16. The zero-order valence-electron chi connectivity index (χ0n) is 19.3. The molecule has 7 heteroatoms. The van der Waals surface area contributed by atoms with Crippen LogP contribution < -0.4 is 9.62 Å². The Labute approximate surface area is 201 Å². The summed E-state index contributed by atoms with van der Waals surface area (Å²) in [5.41, 5.74) is 4.44. The molecule has 174 valence electrons. The summed E-state index contributed by atoms with van der Waals surface area (Å²) in [7, 11) is -4.02. The lowest BCUT2D eigenvalue weighted by Gasteiger charge is -2.27. The third-order valence-corrected chi connectivity index (χ3v) is 7.66. The standard InChI is InChI=1S/C26H29ClN2O3S/c1-5-24(22-15-12-19(3)16-20(22)4)28-26(30)17-29(25-9-7-6-8-23(25)27)33(31,32)21-13-10-18(2)11-14-21/h6-16,24H,5,17H2,1-4H3,(H,28,30). The highest BCUT2D eigenvalue weighted by Gasteiger charge is 2.29. The van der Waals surface area contributed by atoms with Crippen LogP contribution in [0, 0.1) is 20.8 Å². The van der Waals surface area contributed by atoms with E-state index in [0.29, 0.717) is 6.42 Å². The summed E-state index contributed by atoms with van der Waals surface area (Å²) in [6.07, 6.45) is 0.673.